The van der Waals surface area contributed by atoms with Gasteiger partial charge in [0, 0.05) is 54.3 Å². The number of ether oxygens (including phenoxy) is 1. The number of rotatable bonds is 5. The highest BCUT2D eigenvalue weighted by atomic mass is 32.1. The van der Waals surface area contributed by atoms with Gasteiger partial charge in [-0.15, -0.1) is 10.2 Å². The van der Waals surface area contributed by atoms with E-state index in [0.717, 1.165) is 84.0 Å². The van der Waals surface area contributed by atoms with Crippen LogP contribution in [0.5, 0.6) is 0 Å². The average Bonchev–Trinajstić information content (AvgIpc) is 3.25. The average molecular weight is 437 g/mol. The van der Waals surface area contributed by atoms with Crippen LogP contribution in [0.4, 0.5) is 0 Å². The number of fused-ring (bicyclic) bond motifs is 1. The topological polar surface area (TPSA) is 68.2 Å². The van der Waals surface area contributed by atoms with Gasteiger partial charge < -0.3 is 4.74 Å². The molecule has 0 bridgehead atoms. The van der Waals surface area contributed by atoms with E-state index in [1.165, 1.54) is 0 Å². The quantitative estimate of drug-likeness (QED) is 0.601. The fourth-order valence-corrected chi connectivity index (χ4v) is 5.55. The van der Waals surface area contributed by atoms with Gasteiger partial charge in [0.25, 0.3) is 0 Å². The Bertz CT molecular complexity index is 1070. The molecule has 0 amide bonds. The molecule has 0 radical (unpaired) electrons. The Morgan fingerprint density at radius 3 is 2.65 bits per heavy atom. The standard InChI is InChI=1S/C24H28N4O2S/c1-16-26-27-24(31-16)18-2-3-19-15-25-21(13-20(19)12-18)14-23(29)17-4-6-22(7-5-17)28-8-10-30-11-9-28/h2-3,12-13,15,17,22H,4-11,14H2,1H3. The Morgan fingerprint density at radius 2 is 1.90 bits per heavy atom. The van der Waals surface area contributed by atoms with Gasteiger partial charge in [0.15, 0.2) is 0 Å². The van der Waals surface area contributed by atoms with Crippen molar-refractivity contribution in [3.63, 3.8) is 0 Å². The van der Waals surface area contributed by atoms with Crippen LogP contribution in [0.2, 0.25) is 0 Å². The number of hydrogen-bond donors (Lipinski definition) is 0. The predicted molar refractivity (Wildman–Crippen MR) is 122 cm³/mol. The minimum absolute atomic E-state index is 0.172. The third-order valence-corrected chi connectivity index (χ3v) is 7.51. The molecule has 2 aliphatic rings. The van der Waals surface area contributed by atoms with Gasteiger partial charge in [-0.2, -0.15) is 0 Å². The van der Waals surface area contributed by atoms with Crippen LogP contribution in [0.15, 0.2) is 30.5 Å². The lowest BCUT2D eigenvalue weighted by molar-refractivity contribution is -0.123. The molecule has 31 heavy (non-hydrogen) atoms. The van der Waals surface area contributed by atoms with Crippen LogP contribution >= 0.6 is 11.3 Å². The highest BCUT2D eigenvalue weighted by Crippen LogP contribution is 2.30. The lowest BCUT2D eigenvalue weighted by Gasteiger charge is -2.38. The number of benzene rings is 1. The zero-order valence-electron chi connectivity index (χ0n) is 17.9. The van der Waals surface area contributed by atoms with Crippen molar-refractivity contribution in [2.75, 3.05) is 26.3 Å². The summed E-state index contributed by atoms with van der Waals surface area (Å²) in [7, 11) is 0. The summed E-state index contributed by atoms with van der Waals surface area (Å²) in [5, 5.41) is 12.4. The highest BCUT2D eigenvalue weighted by Gasteiger charge is 2.30. The second-order valence-corrected chi connectivity index (χ2v) is 9.84. The smallest absolute Gasteiger partial charge is 0.147 e. The molecule has 2 fully saturated rings. The SMILES string of the molecule is Cc1nnc(-c2ccc3cnc(CC(=O)C4CCC(N5CCOCC5)CC4)cc3c2)s1. The largest absolute Gasteiger partial charge is 0.379 e. The van der Waals surface area contributed by atoms with Crippen molar-refractivity contribution in [2.45, 2.75) is 45.1 Å². The number of carbonyl (C=O) groups is 1. The zero-order chi connectivity index (χ0) is 21.2. The van der Waals surface area contributed by atoms with E-state index in [-0.39, 0.29) is 5.92 Å². The van der Waals surface area contributed by atoms with Crippen LogP contribution in [0, 0.1) is 12.8 Å². The molecule has 162 valence electrons. The van der Waals surface area contributed by atoms with Crippen molar-refractivity contribution in [3.8, 4) is 10.6 Å². The third-order valence-electron chi connectivity index (χ3n) is 6.62. The number of morpholine rings is 1. The third kappa shape index (κ3) is 4.68. The number of hydrogen-bond acceptors (Lipinski definition) is 7. The second kappa shape index (κ2) is 9.10. The molecule has 7 heteroatoms. The molecule has 1 aromatic carbocycles. The van der Waals surface area contributed by atoms with Crippen molar-refractivity contribution in [1.82, 2.24) is 20.1 Å². The second-order valence-electron chi connectivity index (χ2n) is 8.66. The van der Waals surface area contributed by atoms with Crippen LogP contribution in [-0.2, 0) is 16.0 Å². The normalized spacial score (nSPS) is 22.6. The molecule has 0 unspecified atom stereocenters. The van der Waals surface area contributed by atoms with Gasteiger partial charge in [0.05, 0.1) is 13.2 Å². The molecule has 6 nitrogen and oxygen atoms in total. The molecule has 1 aliphatic carbocycles. The molecule has 3 aromatic rings. The Balaban J connectivity index is 1.24. The highest BCUT2D eigenvalue weighted by molar-refractivity contribution is 7.14. The molecule has 1 aliphatic heterocycles. The van der Waals surface area contributed by atoms with Crippen LogP contribution < -0.4 is 0 Å². The Hall–Kier alpha value is -2.22. The van der Waals surface area contributed by atoms with E-state index >= 15 is 0 Å². The van der Waals surface area contributed by atoms with Crippen molar-refractivity contribution in [3.05, 3.63) is 41.2 Å². The Morgan fingerprint density at radius 1 is 1.10 bits per heavy atom. The fourth-order valence-electron chi connectivity index (χ4n) is 4.86. The summed E-state index contributed by atoms with van der Waals surface area (Å²) in [4.78, 5) is 20.1. The number of aromatic nitrogens is 3. The van der Waals surface area contributed by atoms with Crippen LogP contribution in [0.1, 0.15) is 36.4 Å². The summed E-state index contributed by atoms with van der Waals surface area (Å²) in [6.07, 6.45) is 6.52. The minimum Gasteiger partial charge on any atom is -0.379 e. The van der Waals surface area contributed by atoms with Crippen LogP contribution in [0.3, 0.4) is 0 Å². The molecule has 0 spiro atoms. The maximum absolute atomic E-state index is 13.0. The zero-order valence-corrected chi connectivity index (χ0v) is 18.7. The van der Waals surface area contributed by atoms with Crippen LogP contribution in [-0.4, -0.2) is 58.2 Å². The number of pyridine rings is 1. The minimum atomic E-state index is 0.172. The number of aryl methyl sites for hydroxylation is 1. The van der Waals surface area contributed by atoms with E-state index in [1.807, 2.05) is 13.1 Å². The van der Waals surface area contributed by atoms with E-state index in [9.17, 15) is 4.79 Å². The summed E-state index contributed by atoms with van der Waals surface area (Å²) in [5.74, 6) is 0.508. The molecular weight excluding hydrogens is 408 g/mol. The summed E-state index contributed by atoms with van der Waals surface area (Å²) in [6.45, 7) is 5.70. The molecule has 2 aromatic heterocycles. The molecular formula is C24H28N4O2S. The van der Waals surface area contributed by atoms with Gasteiger partial charge in [-0.25, -0.2) is 0 Å². The van der Waals surface area contributed by atoms with E-state index in [4.69, 9.17) is 4.74 Å². The lowest BCUT2D eigenvalue weighted by Crippen LogP contribution is -2.45. The molecule has 0 atom stereocenters. The van der Waals surface area contributed by atoms with Crippen molar-refractivity contribution in [2.24, 2.45) is 5.92 Å². The molecule has 1 saturated carbocycles. The molecule has 5 rings (SSSR count). The van der Waals surface area contributed by atoms with Gasteiger partial charge in [0.1, 0.15) is 15.8 Å². The monoisotopic (exact) mass is 436 g/mol. The van der Waals surface area contributed by atoms with Crippen molar-refractivity contribution >= 4 is 27.9 Å². The van der Waals surface area contributed by atoms with E-state index < -0.39 is 0 Å². The van der Waals surface area contributed by atoms with E-state index in [0.29, 0.717) is 18.2 Å². The first-order chi connectivity index (χ1) is 15.2. The maximum atomic E-state index is 13.0. The van der Waals surface area contributed by atoms with Gasteiger partial charge in [-0.05, 0) is 50.1 Å². The van der Waals surface area contributed by atoms with Gasteiger partial charge >= 0.3 is 0 Å². The first-order valence-electron chi connectivity index (χ1n) is 11.2. The summed E-state index contributed by atoms with van der Waals surface area (Å²) < 4.78 is 5.47. The first kappa shape index (κ1) is 20.7. The van der Waals surface area contributed by atoms with Crippen LogP contribution in [0.25, 0.3) is 21.3 Å². The van der Waals surface area contributed by atoms with Gasteiger partial charge in [0.2, 0.25) is 0 Å². The van der Waals surface area contributed by atoms with Gasteiger partial charge in [-0.1, -0.05) is 23.5 Å². The lowest BCUT2D eigenvalue weighted by atomic mass is 9.81. The van der Waals surface area contributed by atoms with Crippen molar-refractivity contribution < 1.29 is 9.53 Å². The number of ketones is 1. The molecule has 3 heterocycles. The fraction of sp³-hybridized carbons (Fsp3) is 0.500. The number of nitrogens with zero attached hydrogens (tertiary/aromatic N) is 4. The number of carbonyl (C=O) groups excluding carboxylic acids is 1. The maximum Gasteiger partial charge on any atom is 0.147 e. The van der Waals surface area contributed by atoms with Gasteiger partial charge in [-0.3, -0.25) is 14.7 Å². The number of Topliss-reactive ketones (excluding diaryl/α,β-unsaturated/α-hetero) is 1. The summed E-state index contributed by atoms with van der Waals surface area (Å²) >= 11 is 1.59. The molecule has 1 saturated heterocycles. The summed E-state index contributed by atoms with van der Waals surface area (Å²) in [6, 6.07) is 8.92. The first-order valence-corrected chi connectivity index (χ1v) is 12.0. The molecule has 0 N–H and O–H groups in total. The summed E-state index contributed by atoms with van der Waals surface area (Å²) in [5.41, 5.74) is 1.92. The van der Waals surface area contributed by atoms with Crippen molar-refractivity contribution in [1.29, 1.82) is 0 Å². The predicted octanol–water partition coefficient (Wildman–Crippen LogP) is 4.06. The Labute approximate surface area is 186 Å². The van der Waals surface area contributed by atoms with E-state index in [1.54, 1.807) is 11.3 Å². The van der Waals surface area contributed by atoms with E-state index in [2.05, 4.69) is 44.3 Å². The Kier molecular flexibility index (Phi) is 6.07.